The lowest BCUT2D eigenvalue weighted by atomic mass is 10.1. The molecule has 0 saturated carbocycles. The van der Waals surface area contributed by atoms with Crippen LogP contribution in [0.3, 0.4) is 0 Å². The number of nitrogens with zero attached hydrogens (tertiary/aromatic N) is 2. The van der Waals surface area contributed by atoms with Gasteiger partial charge in [0.25, 0.3) is 0 Å². The number of esters is 1. The summed E-state index contributed by atoms with van der Waals surface area (Å²) in [6.45, 7) is 2.28. The van der Waals surface area contributed by atoms with Crippen LogP contribution in [0, 0.1) is 0 Å². The summed E-state index contributed by atoms with van der Waals surface area (Å²) >= 11 is 0. The minimum atomic E-state index is -0.307. The summed E-state index contributed by atoms with van der Waals surface area (Å²) in [5.74, 6) is 0.511. The second-order valence-corrected chi connectivity index (χ2v) is 4.76. The second kappa shape index (κ2) is 8.09. The van der Waals surface area contributed by atoms with E-state index in [9.17, 15) is 4.79 Å². The Bertz CT molecular complexity index is 587. The molecule has 0 fully saturated rings. The Morgan fingerprint density at radius 2 is 2.00 bits per heavy atom. The van der Waals surface area contributed by atoms with Gasteiger partial charge in [-0.1, -0.05) is 12.1 Å². The molecule has 0 aliphatic carbocycles. The summed E-state index contributed by atoms with van der Waals surface area (Å²) in [5.41, 5.74) is 2.03. The summed E-state index contributed by atoms with van der Waals surface area (Å²) in [7, 11) is 1.64. The normalized spacial score (nSPS) is 11.7. The molecule has 0 saturated heterocycles. The Hall–Kier alpha value is -2.47. The molecular weight excluding hydrogens is 282 g/mol. The van der Waals surface area contributed by atoms with Crippen LogP contribution in [0.1, 0.15) is 24.1 Å². The molecule has 1 unspecified atom stereocenters. The minimum Gasteiger partial charge on any atom is -0.497 e. The first-order chi connectivity index (χ1) is 10.7. The molecule has 1 aromatic heterocycles. The van der Waals surface area contributed by atoms with Crippen molar-refractivity contribution in [1.29, 1.82) is 0 Å². The van der Waals surface area contributed by atoms with Crippen LogP contribution in [0.15, 0.2) is 42.7 Å². The first kappa shape index (κ1) is 15.9. The molecule has 0 amide bonds. The first-order valence-corrected chi connectivity index (χ1v) is 6.95. The number of hydrogen-bond acceptors (Lipinski definition) is 6. The van der Waals surface area contributed by atoms with E-state index < -0.39 is 0 Å². The van der Waals surface area contributed by atoms with E-state index >= 15 is 0 Å². The molecule has 0 aliphatic rings. The predicted molar refractivity (Wildman–Crippen MR) is 81.2 cm³/mol. The van der Waals surface area contributed by atoms with Gasteiger partial charge >= 0.3 is 5.97 Å². The molecule has 0 spiro atoms. The van der Waals surface area contributed by atoms with Gasteiger partial charge in [0, 0.05) is 19.7 Å². The fourth-order valence-electron chi connectivity index (χ4n) is 1.97. The molecule has 6 nitrogen and oxygen atoms in total. The number of hydrogen-bond donors (Lipinski definition) is 1. The fourth-order valence-corrected chi connectivity index (χ4v) is 1.97. The monoisotopic (exact) mass is 301 g/mol. The number of carbonyl (C=O) groups is 1. The molecule has 2 aromatic rings. The van der Waals surface area contributed by atoms with Crippen molar-refractivity contribution in [3.05, 3.63) is 53.9 Å². The topological polar surface area (TPSA) is 73.3 Å². The van der Waals surface area contributed by atoms with Crippen LogP contribution in [0.4, 0.5) is 0 Å². The van der Waals surface area contributed by atoms with Gasteiger partial charge in [0.2, 0.25) is 0 Å². The molecule has 1 N–H and O–H groups in total. The highest BCUT2D eigenvalue weighted by molar-refractivity contribution is 5.65. The number of aromatic nitrogens is 2. The largest absolute Gasteiger partial charge is 0.497 e. The molecule has 1 atom stereocenters. The van der Waals surface area contributed by atoms with Crippen molar-refractivity contribution >= 4 is 5.97 Å². The zero-order valence-electron chi connectivity index (χ0n) is 12.7. The quantitative estimate of drug-likeness (QED) is 0.787. The zero-order chi connectivity index (χ0) is 15.8. The second-order valence-electron chi connectivity index (χ2n) is 4.76. The van der Waals surface area contributed by atoms with Crippen molar-refractivity contribution in [2.45, 2.75) is 19.5 Å². The van der Waals surface area contributed by atoms with Gasteiger partial charge in [0.15, 0.2) is 0 Å². The van der Waals surface area contributed by atoms with Crippen LogP contribution in [-0.4, -0.2) is 29.9 Å². The molecular formula is C16H19N3O3. The van der Waals surface area contributed by atoms with Gasteiger partial charge in [0.1, 0.15) is 12.4 Å². The summed E-state index contributed by atoms with van der Waals surface area (Å²) in [6.07, 6.45) is 3.28. The van der Waals surface area contributed by atoms with Crippen LogP contribution in [0.2, 0.25) is 0 Å². The van der Waals surface area contributed by atoms with Crippen molar-refractivity contribution < 1.29 is 14.3 Å². The third-order valence-corrected chi connectivity index (χ3v) is 3.17. The van der Waals surface area contributed by atoms with Gasteiger partial charge in [0.05, 0.1) is 19.3 Å². The lowest BCUT2D eigenvalue weighted by molar-refractivity contribution is -0.141. The number of carbonyl (C=O) groups excluding carboxylic acids is 1. The summed E-state index contributed by atoms with van der Waals surface area (Å²) in [5, 5.41) is 11.0. The highest BCUT2D eigenvalue weighted by Crippen LogP contribution is 2.15. The van der Waals surface area contributed by atoms with Crippen LogP contribution < -0.4 is 10.1 Å². The first-order valence-electron chi connectivity index (χ1n) is 6.95. The fraction of sp³-hybridized carbons (Fsp3) is 0.312. The highest BCUT2D eigenvalue weighted by Gasteiger charge is 2.13. The molecule has 116 valence electrons. The van der Waals surface area contributed by atoms with Crippen molar-refractivity contribution in [1.82, 2.24) is 15.5 Å². The molecule has 1 heterocycles. The van der Waals surface area contributed by atoms with E-state index in [2.05, 4.69) is 15.5 Å². The Morgan fingerprint density at radius 1 is 1.23 bits per heavy atom. The molecule has 0 bridgehead atoms. The van der Waals surface area contributed by atoms with E-state index in [1.165, 1.54) is 6.92 Å². The maximum Gasteiger partial charge on any atom is 0.302 e. The minimum absolute atomic E-state index is 0.137. The third kappa shape index (κ3) is 4.82. The van der Waals surface area contributed by atoms with Gasteiger partial charge in [-0.25, -0.2) is 0 Å². The van der Waals surface area contributed by atoms with E-state index in [-0.39, 0.29) is 18.6 Å². The maximum atomic E-state index is 11.0. The van der Waals surface area contributed by atoms with Gasteiger partial charge in [-0.05, 0) is 29.3 Å². The number of rotatable bonds is 7. The third-order valence-electron chi connectivity index (χ3n) is 3.17. The summed E-state index contributed by atoms with van der Waals surface area (Å²) in [4.78, 5) is 11.0. The Kier molecular flexibility index (Phi) is 5.85. The molecule has 2 rings (SSSR count). The highest BCUT2D eigenvalue weighted by atomic mass is 16.5. The zero-order valence-corrected chi connectivity index (χ0v) is 12.7. The Balaban J connectivity index is 2.00. The number of methoxy groups -OCH3 is 1. The average molecular weight is 301 g/mol. The maximum absolute atomic E-state index is 11.0. The van der Waals surface area contributed by atoms with Gasteiger partial charge in [-0.2, -0.15) is 10.2 Å². The van der Waals surface area contributed by atoms with Crippen molar-refractivity contribution in [3.63, 3.8) is 0 Å². The van der Waals surface area contributed by atoms with Crippen molar-refractivity contribution in [3.8, 4) is 5.75 Å². The summed E-state index contributed by atoms with van der Waals surface area (Å²) < 4.78 is 10.2. The van der Waals surface area contributed by atoms with Crippen LogP contribution in [0.5, 0.6) is 5.75 Å². The number of benzene rings is 1. The van der Waals surface area contributed by atoms with E-state index in [1.807, 2.05) is 30.3 Å². The molecule has 0 aliphatic heterocycles. The Labute approximate surface area is 129 Å². The van der Waals surface area contributed by atoms with E-state index in [0.29, 0.717) is 6.54 Å². The van der Waals surface area contributed by atoms with E-state index in [4.69, 9.17) is 9.47 Å². The lowest BCUT2D eigenvalue weighted by Crippen LogP contribution is -2.26. The number of ether oxygens (including phenoxy) is 2. The average Bonchev–Trinajstić information content (AvgIpc) is 2.56. The van der Waals surface area contributed by atoms with Crippen LogP contribution in [-0.2, 0) is 16.1 Å². The molecule has 22 heavy (non-hydrogen) atoms. The van der Waals surface area contributed by atoms with Crippen LogP contribution in [0.25, 0.3) is 0 Å². The molecule has 6 heteroatoms. The van der Waals surface area contributed by atoms with E-state index in [1.54, 1.807) is 19.5 Å². The lowest BCUT2D eigenvalue weighted by Gasteiger charge is -2.18. The predicted octanol–water partition coefficient (Wildman–Crippen LogP) is 1.88. The van der Waals surface area contributed by atoms with E-state index in [0.717, 1.165) is 16.9 Å². The smallest absolute Gasteiger partial charge is 0.302 e. The van der Waals surface area contributed by atoms with Gasteiger partial charge < -0.3 is 14.8 Å². The Morgan fingerprint density at radius 3 is 2.59 bits per heavy atom. The SMILES string of the molecule is COc1ccc(CNC(COC(C)=O)c2ccnnc2)cc1. The number of nitrogens with one attached hydrogen (secondary N) is 1. The van der Waals surface area contributed by atoms with Crippen LogP contribution >= 0.6 is 0 Å². The molecule has 0 radical (unpaired) electrons. The van der Waals surface area contributed by atoms with Crippen molar-refractivity contribution in [2.75, 3.05) is 13.7 Å². The standard InChI is InChI=1S/C16H19N3O3/c1-12(20)22-11-16(14-7-8-18-19-10-14)17-9-13-3-5-15(21-2)6-4-13/h3-8,10,16-17H,9,11H2,1-2H3. The van der Waals surface area contributed by atoms with Gasteiger partial charge in [-0.15, -0.1) is 0 Å². The van der Waals surface area contributed by atoms with Crippen molar-refractivity contribution in [2.24, 2.45) is 0 Å². The van der Waals surface area contributed by atoms with Gasteiger partial charge in [-0.3, -0.25) is 4.79 Å². The summed E-state index contributed by atoms with van der Waals surface area (Å²) in [6, 6.07) is 9.50. The molecule has 1 aromatic carbocycles.